The van der Waals surface area contributed by atoms with Gasteiger partial charge >= 0.3 is 0 Å². The minimum absolute atomic E-state index is 0.646. The van der Waals surface area contributed by atoms with Gasteiger partial charge in [0.2, 0.25) is 0 Å². The van der Waals surface area contributed by atoms with E-state index in [0.717, 1.165) is 18.3 Å². The first-order chi connectivity index (χ1) is 11.3. The summed E-state index contributed by atoms with van der Waals surface area (Å²) in [6, 6.07) is 21.1. The Morgan fingerprint density at radius 2 is 1.78 bits per heavy atom. The molecule has 120 valence electrons. The summed E-state index contributed by atoms with van der Waals surface area (Å²) in [7, 11) is 1.76. The third-order valence-corrected chi connectivity index (χ3v) is 5.70. The van der Waals surface area contributed by atoms with Crippen LogP contribution in [-0.2, 0) is 6.54 Å². The Morgan fingerprint density at radius 1 is 0.957 bits per heavy atom. The van der Waals surface area contributed by atoms with Crippen LogP contribution in [0.4, 0.5) is 0 Å². The molecule has 0 aromatic heterocycles. The summed E-state index contributed by atoms with van der Waals surface area (Å²) in [6.45, 7) is 1.09. The number of benzene rings is 2. The van der Waals surface area contributed by atoms with E-state index in [4.69, 9.17) is 4.74 Å². The molecule has 2 heterocycles. The molecule has 4 rings (SSSR count). The molecule has 0 aliphatic carbocycles. The Kier molecular flexibility index (Phi) is 4.09. The molecule has 0 amide bonds. The molecule has 0 N–H and O–H groups in total. The summed E-state index contributed by atoms with van der Waals surface area (Å²) in [5.74, 6) is 1.63. The van der Waals surface area contributed by atoms with E-state index < -0.39 is 0 Å². The van der Waals surface area contributed by atoms with Gasteiger partial charge in [-0.25, -0.2) is 0 Å². The number of rotatable bonds is 4. The van der Waals surface area contributed by atoms with E-state index >= 15 is 0 Å². The highest BCUT2D eigenvalue weighted by molar-refractivity contribution is 5.32. The van der Waals surface area contributed by atoms with Gasteiger partial charge in [-0.1, -0.05) is 42.5 Å². The summed E-state index contributed by atoms with van der Waals surface area (Å²) >= 11 is 0. The molecule has 2 aromatic rings. The van der Waals surface area contributed by atoms with Gasteiger partial charge in [-0.05, 0) is 54.9 Å². The van der Waals surface area contributed by atoms with Gasteiger partial charge in [0.05, 0.1) is 7.11 Å². The zero-order valence-electron chi connectivity index (χ0n) is 13.8. The molecule has 0 saturated carbocycles. The number of fused-ring (bicyclic) bond motifs is 2. The Morgan fingerprint density at radius 3 is 2.61 bits per heavy atom. The van der Waals surface area contributed by atoms with Crippen molar-refractivity contribution in [1.29, 1.82) is 0 Å². The van der Waals surface area contributed by atoms with Crippen LogP contribution in [0.25, 0.3) is 0 Å². The predicted molar refractivity (Wildman–Crippen MR) is 93.8 cm³/mol. The van der Waals surface area contributed by atoms with Crippen LogP contribution in [0.3, 0.4) is 0 Å². The molecule has 3 atom stereocenters. The Bertz CT molecular complexity index is 654. The molecule has 2 aliphatic heterocycles. The first-order valence-corrected chi connectivity index (χ1v) is 8.79. The second-order valence-corrected chi connectivity index (χ2v) is 6.92. The highest BCUT2D eigenvalue weighted by Crippen LogP contribution is 2.45. The summed E-state index contributed by atoms with van der Waals surface area (Å²) in [6.07, 6.45) is 5.33. The van der Waals surface area contributed by atoms with Crippen LogP contribution < -0.4 is 4.74 Å². The number of methoxy groups -OCH3 is 1. The van der Waals surface area contributed by atoms with E-state index in [0.29, 0.717) is 12.0 Å². The van der Waals surface area contributed by atoms with Gasteiger partial charge < -0.3 is 4.74 Å². The number of hydrogen-bond donors (Lipinski definition) is 0. The molecule has 2 saturated heterocycles. The molecule has 2 nitrogen and oxygen atoms in total. The van der Waals surface area contributed by atoms with Gasteiger partial charge in [-0.2, -0.15) is 0 Å². The van der Waals surface area contributed by atoms with Gasteiger partial charge in [-0.3, -0.25) is 4.90 Å². The molecule has 2 bridgehead atoms. The minimum atomic E-state index is 0.646. The summed E-state index contributed by atoms with van der Waals surface area (Å²) < 4.78 is 5.43. The lowest BCUT2D eigenvalue weighted by molar-refractivity contribution is 0.113. The summed E-state index contributed by atoms with van der Waals surface area (Å²) in [4.78, 5) is 2.77. The fourth-order valence-electron chi connectivity index (χ4n) is 4.57. The lowest BCUT2D eigenvalue weighted by atomic mass is 9.84. The average Bonchev–Trinajstić information content (AvgIpc) is 2.86. The van der Waals surface area contributed by atoms with Crippen molar-refractivity contribution in [3.8, 4) is 5.75 Å². The molecular formula is C21H25NO. The molecule has 2 fully saturated rings. The van der Waals surface area contributed by atoms with Gasteiger partial charge in [0.15, 0.2) is 0 Å². The van der Waals surface area contributed by atoms with Crippen LogP contribution in [-0.4, -0.2) is 24.1 Å². The first-order valence-electron chi connectivity index (χ1n) is 8.79. The largest absolute Gasteiger partial charge is 0.497 e. The monoisotopic (exact) mass is 307 g/mol. The maximum absolute atomic E-state index is 5.43. The second-order valence-electron chi connectivity index (χ2n) is 6.92. The third kappa shape index (κ3) is 2.88. The van der Waals surface area contributed by atoms with Crippen LogP contribution >= 0.6 is 0 Å². The first kappa shape index (κ1) is 14.8. The van der Waals surface area contributed by atoms with E-state index in [1.165, 1.54) is 36.8 Å². The maximum atomic E-state index is 5.43. The molecular weight excluding hydrogens is 282 g/mol. The Hall–Kier alpha value is -1.80. The summed E-state index contributed by atoms with van der Waals surface area (Å²) in [5.41, 5.74) is 2.89. The Labute approximate surface area is 139 Å². The normalized spacial score (nSPS) is 27.1. The maximum Gasteiger partial charge on any atom is 0.119 e. The van der Waals surface area contributed by atoms with Crippen LogP contribution in [0.15, 0.2) is 54.6 Å². The zero-order chi connectivity index (χ0) is 15.6. The average molecular weight is 307 g/mol. The van der Waals surface area contributed by atoms with Crippen molar-refractivity contribution in [2.75, 3.05) is 7.11 Å². The lowest BCUT2D eigenvalue weighted by Crippen LogP contribution is -2.43. The van der Waals surface area contributed by atoms with Crippen LogP contribution in [0.5, 0.6) is 5.75 Å². The lowest BCUT2D eigenvalue weighted by Gasteiger charge is -2.40. The van der Waals surface area contributed by atoms with E-state index in [2.05, 4.69) is 53.4 Å². The second kappa shape index (κ2) is 6.37. The van der Waals surface area contributed by atoms with Crippen molar-refractivity contribution in [3.05, 3.63) is 65.7 Å². The van der Waals surface area contributed by atoms with Gasteiger partial charge in [0, 0.05) is 18.6 Å². The third-order valence-electron chi connectivity index (χ3n) is 5.70. The van der Waals surface area contributed by atoms with Crippen molar-refractivity contribution in [1.82, 2.24) is 4.90 Å². The molecule has 0 radical (unpaired) electrons. The van der Waals surface area contributed by atoms with Crippen molar-refractivity contribution in [2.24, 2.45) is 0 Å². The van der Waals surface area contributed by atoms with E-state index in [1.54, 1.807) is 7.11 Å². The highest BCUT2D eigenvalue weighted by atomic mass is 16.5. The number of ether oxygens (including phenoxy) is 1. The smallest absolute Gasteiger partial charge is 0.119 e. The number of hydrogen-bond acceptors (Lipinski definition) is 2. The minimum Gasteiger partial charge on any atom is -0.497 e. The van der Waals surface area contributed by atoms with Crippen LogP contribution in [0.1, 0.15) is 42.7 Å². The topological polar surface area (TPSA) is 12.5 Å². The number of piperidine rings is 1. The number of nitrogens with zero attached hydrogens (tertiary/aromatic N) is 1. The summed E-state index contributed by atoms with van der Waals surface area (Å²) in [5, 5.41) is 0. The van der Waals surface area contributed by atoms with Crippen molar-refractivity contribution < 1.29 is 4.74 Å². The van der Waals surface area contributed by atoms with Crippen molar-refractivity contribution in [3.63, 3.8) is 0 Å². The van der Waals surface area contributed by atoms with E-state index in [1.807, 2.05) is 6.07 Å². The van der Waals surface area contributed by atoms with Crippen molar-refractivity contribution in [2.45, 2.75) is 50.2 Å². The fraction of sp³-hybridized carbons (Fsp3) is 0.429. The fourth-order valence-corrected chi connectivity index (χ4v) is 4.57. The van der Waals surface area contributed by atoms with Crippen molar-refractivity contribution >= 4 is 0 Å². The SMILES string of the molecule is COc1cccc(C2CCC3CCC2N3Cc2ccccc2)c1. The molecule has 0 spiro atoms. The highest BCUT2D eigenvalue weighted by Gasteiger charge is 2.42. The molecule has 2 aromatic carbocycles. The quantitative estimate of drug-likeness (QED) is 0.818. The van der Waals surface area contributed by atoms with Gasteiger partial charge in [0.25, 0.3) is 0 Å². The molecule has 3 unspecified atom stereocenters. The predicted octanol–water partition coefficient (Wildman–Crippen LogP) is 4.61. The van der Waals surface area contributed by atoms with Crippen LogP contribution in [0, 0.1) is 0 Å². The van der Waals surface area contributed by atoms with E-state index in [-0.39, 0.29) is 0 Å². The Balaban J connectivity index is 1.58. The molecule has 23 heavy (non-hydrogen) atoms. The van der Waals surface area contributed by atoms with Gasteiger partial charge in [0.1, 0.15) is 5.75 Å². The van der Waals surface area contributed by atoms with Crippen LogP contribution in [0.2, 0.25) is 0 Å². The zero-order valence-corrected chi connectivity index (χ0v) is 13.8. The standard InChI is InChI=1S/C21H25NO/c1-23-19-9-5-8-17(14-19)20-12-10-18-11-13-21(20)22(18)15-16-6-3-2-4-7-16/h2-9,14,18,20-21H,10-13,15H2,1H3. The van der Waals surface area contributed by atoms with E-state index in [9.17, 15) is 0 Å². The van der Waals surface area contributed by atoms with Gasteiger partial charge in [-0.15, -0.1) is 0 Å². The molecule has 2 heteroatoms. The molecule has 2 aliphatic rings.